The van der Waals surface area contributed by atoms with Gasteiger partial charge in [-0.15, -0.1) is 0 Å². The van der Waals surface area contributed by atoms with Gasteiger partial charge in [0, 0.05) is 31.5 Å². The van der Waals surface area contributed by atoms with Crippen LogP contribution in [-0.4, -0.2) is 52.6 Å². The molecule has 1 spiro atoms. The Morgan fingerprint density at radius 1 is 1.14 bits per heavy atom. The highest BCUT2D eigenvalue weighted by atomic mass is 16.5. The van der Waals surface area contributed by atoms with E-state index >= 15 is 0 Å². The molecule has 1 aliphatic carbocycles. The fraction of sp³-hybridized carbons (Fsp3) is 0.565. The van der Waals surface area contributed by atoms with Gasteiger partial charge in [0.2, 0.25) is 5.91 Å². The Bertz CT molecular complexity index is 788. The third kappa shape index (κ3) is 3.91. The monoisotopic (exact) mass is 383 g/mol. The van der Waals surface area contributed by atoms with Crippen molar-refractivity contribution in [2.24, 2.45) is 0 Å². The summed E-state index contributed by atoms with van der Waals surface area (Å²) in [4.78, 5) is 27.2. The van der Waals surface area contributed by atoms with Crippen molar-refractivity contribution in [1.29, 1.82) is 0 Å². The summed E-state index contributed by atoms with van der Waals surface area (Å²) in [5.41, 5.74) is 1.77. The number of benzene rings is 1. The molecule has 0 radical (unpaired) electrons. The van der Waals surface area contributed by atoms with Crippen molar-refractivity contribution >= 4 is 17.3 Å². The molecule has 5 nitrogen and oxygen atoms in total. The summed E-state index contributed by atoms with van der Waals surface area (Å²) < 4.78 is 6.03. The van der Waals surface area contributed by atoms with E-state index in [0.717, 1.165) is 30.4 Å². The Hall–Kier alpha value is -1.98. The lowest BCUT2D eigenvalue weighted by Gasteiger charge is -2.48. The molecular weight excluding hydrogens is 354 g/mol. The number of likely N-dealkylation sites (tertiary alicyclic amines) is 1. The molecule has 1 unspecified atom stereocenters. The second-order valence-electron chi connectivity index (χ2n) is 8.76. The van der Waals surface area contributed by atoms with E-state index < -0.39 is 5.60 Å². The average molecular weight is 383 g/mol. The quantitative estimate of drug-likeness (QED) is 0.871. The molecule has 1 atom stereocenters. The third-order valence-electron chi connectivity index (χ3n) is 6.53. The zero-order valence-electron chi connectivity index (χ0n) is 16.6. The van der Waals surface area contributed by atoms with Crippen molar-refractivity contribution < 1.29 is 19.4 Å². The predicted molar refractivity (Wildman–Crippen MR) is 107 cm³/mol. The van der Waals surface area contributed by atoms with Crippen LogP contribution in [-0.2, 0) is 14.3 Å². The van der Waals surface area contributed by atoms with Crippen molar-refractivity contribution in [2.45, 2.75) is 63.1 Å². The second kappa shape index (κ2) is 7.45. The first kappa shape index (κ1) is 19.3. The summed E-state index contributed by atoms with van der Waals surface area (Å²) in [7, 11) is 0. The van der Waals surface area contributed by atoms with Crippen LogP contribution in [0.2, 0.25) is 0 Å². The molecule has 1 aromatic rings. The molecule has 4 rings (SSSR count). The Kier molecular flexibility index (Phi) is 5.15. The topological polar surface area (TPSA) is 66.8 Å². The van der Waals surface area contributed by atoms with E-state index in [1.54, 1.807) is 0 Å². The van der Waals surface area contributed by atoms with Gasteiger partial charge in [0.15, 0.2) is 5.78 Å². The molecule has 3 aliphatic rings. The van der Waals surface area contributed by atoms with Crippen LogP contribution in [0, 0.1) is 0 Å². The third-order valence-corrected chi connectivity index (χ3v) is 6.53. The van der Waals surface area contributed by atoms with Crippen LogP contribution in [0.3, 0.4) is 0 Å². The van der Waals surface area contributed by atoms with E-state index in [-0.39, 0.29) is 23.7 Å². The molecule has 0 saturated carbocycles. The van der Waals surface area contributed by atoms with Gasteiger partial charge in [-0.05, 0) is 43.7 Å². The van der Waals surface area contributed by atoms with Crippen LogP contribution in [0.1, 0.15) is 57.4 Å². The number of hydrogen-bond donors (Lipinski definition) is 1. The van der Waals surface area contributed by atoms with E-state index in [4.69, 9.17) is 4.74 Å². The predicted octanol–water partition coefficient (Wildman–Crippen LogP) is 3.12. The van der Waals surface area contributed by atoms with Gasteiger partial charge in [0.1, 0.15) is 0 Å². The number of rotatable bonds is 3. The Morgan fingerprint density at radius 3 is 2.54 bits per heavy atom. The van der Waals surface area contributed by atoms with Crippen LogP contribution in [0.15, 0.2) is 35.9 Å². The number of ether oxygens (including phenoxy) is 1. The standard InChI is InChI=1S/C23H29NO4/c1-22(27)11-14-28-23(16-22)9-12-24(13-10-23)21(26)15-19-18(7-8-20(19)25)17-5-3-2-4-6-17/h2-6,27H,7-16H2,1H3. The van der Waals surface area contributed by atoms with Crippen molar-refractivity contribution in [3.8, 4) is 0 Å². The van der Waals surface area contributed by atoms with E-state index in [2.05, 4.69) is 0 Å². The first-order valence-electron chi connectivity index (χ1n) is 10.3. The highest BCUT2D eigenvalue weighted by Gasteiger charge is 2.45. The summed E-state index contributed by atoms with van der Waals surface area (Å²) >= 11 is 0. The molecule has 28 heavy (non-hydrogen) atoms. The normalized spacial score (nSPS) is 27.5. The number of carbonyl (C=O) groups is 2. The fourth-order valence-corrected chi connectivity index (χ4v) is 4.94. The molecule has 1 amide bonds. The van der Waals surface area contributed by atoms with Gasteiger partial charge in [-0.25, -0.2) is 0 Å². The number of carbonyl (C=O) groups excluding carboxylic acids is 2. The molecule has 2 saturated heterocycles. The number of piperidine rings is 1. The minimum Gasteiger partial charge on any atom is -0.390 e. The maximum atomic E-state index is 12.9. The summed E-state index contributed by atoms with van der Waals surface area (Å²) in [6.45, 7) is 3.69. The van der Waals surface area contributed by atoms with Crippen molar-refractivity contribution in [3.05, 3.63) is 41.5 Å². The largest absolute Gasteiger partial charge is 0.390 e. The fourth-order valence-electron chi connectivity index (χ4n) is 4.94. The zero-order valence-corrected chi connectivity index (χ0v) is 16.6. The van der Waals surface area contributed by atoms with Crippen LogP contribution < -0.4 is 0 Å². The molecule has 2 aliphatic heterocycles. The van der Waals surface area contributed by atoms with Crippen molar-refractivity contribution in [2.75, 3.05) is 19.7 Å². The summed E-state index contributed by atoms with van der Waals surface area (Å²) in [5.74, 6) is 0.128. The summed E-state index contributed by atoms with van der Waals surface area (Å²) in [5, 5.41) is 10.4. The molecule has 5 heteroatoms. The van der Waals surface area contributed by atoms with E-state index in [9.17, 15) is 14.7 Å². The van der Waals surface area contributed by atoms with Gasteiger partial charge < -0.3 is 14.7 Å². The number of Topliss-reactive ketones (excluding diaryl/α,β-unsaturated/α-hetero) is 1. The molecule has 1 aromatic carbocycles. The molecule has 0 aromatic heterocycles. The van der Waals surface area contributed by atoms with Gasteiger partial charge in [-0.1, -0.05) is 30.3 Å². The van der Waals surface area contributed by atoms with Crippen LogP contribution in [0.25, 0.3) is 5.57 Å². The number of amides is 1. The zero-order chi connectivity index (χ0) is 19.8. The average Bonchev–Trinajstić information content (AvgIpc) is 3.02. The Labute approximate surface area is 166 Å². The maximum Gasteiger partial charge on any atom is 0.227 e. The first-order chi connectivity index (χ1) is 13.4. The minimum atomic E-state index is -0.684. The Balaban J connectivity index is 1.42. The lowest BCUT2D eigenvalue weighted by atomic mass is 9.78. The summed E-state index contributed by atoms with van der Waals surface area (Å²) in [6.07, 6.45) is 4.19. The minimum absolute atomic E-state index is 0.0242. The maximum absolute atomic E-state index is 12.9. The highest BCUT2D eigenvalue weighted by molar-refractivity contribution is 6.10. The Morgan fingerprint density at radius 2 is 1.86 bits per heavy atom. The molecule has 2 fully saturated rings. The number of nitrogens with zero attached hydrogens (tertiary/aromatic N) is 1. The lowest BCUT2D eigenvalue weighted by molar-refractivity contribution is -0.175. The number of ketones is 1. The van der Waals surface area contributed by atoms with Gasteiger partial charge in [-0.3, -0.25) is 9.59 Å². The van der Waals surface area contributed by atoms with Crippen LogP contribution >= 0.6 is 0 Å². The van der Waals surface area contributed by atoms with Crippen LogP contribution in [0.5, 0.6) is 0 Å². The molecular formula is C23H29NO4. The molecule has 150 valence electrons. The van der Waals surface area contributed by atoms with Gasteiger partial charge in [0.25, 0.3) is 0 Å². The first-order valence-corrected chi connectivity index (χ1v) is 10.3. The molecule has 1 N–H and O–H groups in total. The van der Waals surface area contributed by atoms with Gasteiger partial charge >= 0.3 is 0 Å². The number of allylic oxidation sites excluding steroid dienone is 1. The highest BCUT2D eigenvalue weighted by Crippen LogP contribution is 2.40. The number of aliphatic hydroxyl groups is 1. The van der Waals surface area contributed by atoms with Gasteiger partial charge in [0.05, 0.1) is 24.2 Å². The number of hydrogen-bond acceptors (Lipinski definition) is 4. The van der Waals surface area contributed by atoms with Crippen LogP contribution in [0.4, 0.5) is 0 Å². The second-order valence-corrected chi connectivity index (χ2v) is 8.76. The van der Waals surface area contributed by atoms with E-state index in [1.165, 1.54) is 0 Å². The van der Waals surface area contributed by atoms with Crippen molar-refractivity contribution in [1.82, 2.24) is 4.90 Å². The lowest BCUT2D eigenvalue weighted by Crippen LogP contribution is -2.54. The van der Waals surface area contributed by atoms with E-state index in [0.29, 0.717) is 44.5 Å². The van der Waals surface area contributed by atoms with Crippen molar-refractivity contribution in [3.63, 3.8) is 0 Å². The summed E-state index contributed by atoms with van der Waals surface area (Å²) in [6, 6.07) is 9.91. The van der Waals surface area contributed by atoms with Gasteiger partial charge in [-0.2, -0.15) is 0 Å². The molecule has 0 bridgehead atoms. The molecule has 2 heterocycles. The SMILES string of the molecule is CC1(O)CCOC2(CCN(C(=O)CC3=C(c4ccccc4)CCC3=O)CC2)C1. The van der Waals surface area contributed by atoms with E-state index in [1.807, 2.05) is 42.2 Å². The smallest absolute Gasteiger partial charge is 0.227 e.